The van der Waals surface area contributed by atoms with Crippen molar-refractivity contribution in [3.8, 4) is 0 Å². The van der Waals surface area contributed by atoms with E-state index >= 15 is 0 Å². The summed E-state index contributed by atoms with van der Waals surface area (Å²) in [6.07, 6.45) is 2.23. The van der Waals surface area contributed by atoms with Crippen molar-refractivity contribution in [1.82, 2.24) is 0 Å². The average Bonchev–Trinajstić information content (AvgIpc) is 3.50. The van der Waals surface area contributed by atoms with Crippen LogP contribution in [-0.2, 0) is 32.0 Å². The molecule has 0 spiro atoms. The molecule has 0 saturated carbocycles. The first-order valence-electron chi connectivity index (χ1n) is 11.2. The molecule has 0 saturated heterocycles. The Kier molecular flexibility index (Phi) is 15.2. The van der Waals surface area contributed by atoms with Gasteiger partial charge in [-0.3, -0.25) is 0 Å². The summed E-state index contributed by atoms with van der Waals surface area (Å²) >= 11 is 1.81. The molecule has 36 heavy (non-hydrogen) atoms. The zero-order valence-electron chi connectivity index (χ0n) is 21.5. The summed E-state index contributed by atoms with van der Waals surface area (Å²) in [6.45, 7) is 4.41. The van der Waals surface area contributed by atoms with Crippen molar-refractivity contribution in [2.24, 2.45) is 0 Å². The quantitative estimate of drug-likeness (QED) is 0.145. The first-order valence-corrected chi connectivity index (χ1v) is 14.0. The molecule has 0 nitrogen and oxygen atoms in total. The van der Waals surface area contributed by atoms with E-state index in [1.165, 1.54) is 54.2 Å². The molecule has 0 atom stereocenters. The Morgan fingerprint density at radius 1 is 0.556 bits per heavy atom. The van der Waals surface area contributed by atoms with Crippen molar-refractivity contribution in [2.75, 3.05) is 0 Å². The molecule has 6 rings (SSSR count). The van der Waals surface area contributed by atoms with Gasteiger partial charge in [-0.05, 0) is 12.8 Å². The number of fused-ring (bicyclic) bond motifs is 6. The van der Waals surface area contributed by atoms with Gasteiger partial charge in [0.1, 0.15) is 0 Å². The molecule has 0 bridgehead atoms. The van der Waals surface area contributed by atoms with Crippen LogP contribution in [0.4, 0.5) is 0 Å². The predicted octanol–water partition coefficient (Wildman–Crippen LogP) is 9.91. The molecule has 6 aromatic rings. The Morgan fingerprint density at radius 3 is 1.25 bits per heavy atom. The van der Waals surface area contributed by atoms with Gasteiger partial charge in [-0.15, -0.1) is 81.8 Å². The van der Waals surface area contributed by atoms with Crippen LogP contribution >= 0.6 is 24.8 Å². The molecule has 6 aromatic carbocycles. The van der Waals surface area contributed by atoms with Crippen LogP contribution < -0.4 is 0 Å². The number of halogens is 2. The Labute approximate surface area is 243 Å². The first kappa shape index (κ1) is 34.1. The zero-order valence-corrected chi connectivity index (χ0v) is 25.7. The van der Waals surface area contributed by atoms with E-state index in [9.17, 15) is 0 Å². The molecule has 0 aliphatic rings. The van der Waals surface area contributed by atoms with E-state index in [1.54, 1.807) is 19.2 Å². The van der Waals surface area contributed by atoms with E-state index in [0.29, 0.717) is 0 Å². The van der Waals surface area contributed by atoms with Crippen molar-refractivity contribution in [3.05, 3.63) is 123 Å². The van der Waals surface area contributed by atoms with Crippen LogP contribution in [0.3, 0.4) is 0 Å². The van der Waals surface area contributed by atoms with Gasteiger partial charge in [0.05, 0.1) is 0 Å². The summed E-state index contributed by atoms with van der Waals surface area (Å²) in [7, 11) is 2.97. The standard InChI is InChI=1S/2C15H13.2CH3.2ClH.Si.Ti/c2*1-2-11-9-13-8-7-12-5-3-4-6-14(12)15(13)10-11;;;;;;/h2*3-10H,2H2,1H3;2*1H3;2*1H;;/q4*-1;;;;. The van der Waals surface area contributed by atoms with Crippen molar-refractivity contribution in [3.63, 3.8) is 0 Å². The second-order valence-electron chi connectivity index (χ2n) is 8.01. The predicted molar refractivity (Wildman–Crippen MR) is 166 cm³/mol. The minimum atomic E-state index is 0. The number of aryl methyl sites for hydroxylation is 2. The third-order valence-corrected chi connectivity index (χ3v) is 6.17. The van der Waals surface area contributed by atoms with Crippen molar-refractivity contribution >= 4 is 75.5 Å². The van der Waals surface area contributed by atoms with Gasteiger partial charge in [-0.2, -0.15) is 12.1 Å². The van der Waals surface area contributed by atoms with Gasteiger partial charge in [0.15, 0.2) is 0 Å². The Hall–Kier alpha value is -1.87. The molecule has 0 amide bonds. The molecule has 4 heteroatoms. The number of hydrogen-bond donors (Lipinski definition) is 0. The SMILES string of the molecule is CCc1cc2ccc3ccccc3c2[cH-]1.CCc1cc2ccc3ccccc3c2[cH-]1.Cl.Cl.[CH3-].[CH3-].[Si]=[Ti]. The summed E-state index contributed by atoms with van der Waals surface area (Å²) in [4.78, 5) is 0. The average molecular weight is 565 g/mol. The number of benzene rings is 4. The van der Waals surface area contributed by atoms with Gasteiger partial charge in [-0.25, -0.2) is 0 Å². The zero-order chi connectivity index (χ0) is 22.5. The summed E-state index contributed by atoms with van der Waals surface area (Å²) in [5, 5.41) is 10.9. The van der Waals surface area contributed by atoms with Crippen molar-refractivity contribution in [1.29, 1.82) is 0 Å². The molecule has 0 fully saturated rings. The van der Waals surface area contributed by atoms with Crippen LogP contribution in [0.5, 0.6) is 0 Å². The fourth-order valence-electron chi connectivity index (χ4n) is 4.46. The normalized spacial score (nSPS) is 9.47. The molecule has 0 aliphatic heterocycles. The maximum atomic E-state index is 2.97. The molecule has 0 N–H and O–H groups in total. The second kappa shape index (κ2) is 16.1. The minimum absolute atomic E-state index is 0. The molecular formula is C32H34Cl2SiTi-4. The van der Waals surface area contributed by atoms with Crippen molar-refractivity contribution < 1.29 is 19.2 Å². The maximum absolute atomic E-state index is 2.97. The van der Waals surface area contributed by atoms with E-state index in [0.717, 1.165) is 12.8 Å². The third kappa shape index (κ3) is 7.12. The summed E-state index contributed by atoms with van der Waals surface area (Å²) in [6, 6.07) is 35.2. The van der Waals surface area contributed by atoms with E-state index in [4.69, 9.17) is 0 Å². The Bertz CT molecular complexity index is 1380. The van der Waals surface area contributed by atoms with Crippen LogP contribution in [0.15, 0.2) is 97.1 Å². The summed E-state index contributed by atoms with van der Waals surface area (Å²) < 4.78 is 0. The van der Waals surface area contributed by atoms with E-state index in [1.807, 2.05) is 0 Å². The molecule has 0 unspecified atom stereocenters. The van der Waals surface area contributed by atoms with Crippen LogP contribution in [0.25, 0.3) is 43.1 Å². The molecule has 2 radical (unpaired) electrons. The van der Waals surface area contributed by atoms with Gasteiger partial charge in [0.2, 0.25) is 0 Å². The summed E-state index contributed by atoms with van der Waals surface area (Å²) in [5.41, 5.74) is 2.86. The number of hydrogen-bond acceptors (Lipinski definition) is 0. The Balaban J connectivity index is 0.000000577. The topological polar surface area (TPSA) is 0 Å². The van der Waals surface area contributed by atoms with Gasteiger partial charge < -0.3 is 14.9 Å². The molecule has 0 heterocycles. The van der Waals surface area contributed by atoms with E-state index in [2.05, 4.69) is 119 Å². The van der Waals surface area contributed by atoms with Gasteiger partial charge in [0.25, 0.3) is 0 Å². The number of rotatable bonds is 2. The van der Waals surface area contributed by atoms with Crippen molar-refractivity contribution in [2.45, 2.75) is 26.7 Å². The van der Waals surface area contributed by atoms with Crippen LogP contribution in [0, 0.1) is 14.9 Å². The Morgan fingerprint density at radius 2 is 0.889 bits per heavy atom. The third-order valence-electron chi connectivity index (χ3n) is 6.17. The van der Waals surface area contributed by atoms with Gasteiger partial charge in [-0.1, -0.05) is 96.1 Å². The van der Waals surface area contributed by atoms with Crippen LogP contribution in [-0.4, -0.2) is 7.63 Å². The van der Waals surface area contributed by atoms with Crippen LogP contribution in [0.1, 0.15) is 25.0 Å². The second-order valence-corrected chi connectivity index (χ2v) is 8.01. The fraction of sp³-hybridized carbons (Fsp3) is 0.125. The van der Waals surface area contributed by atoms with E-state index in [-0.39, 0.29) is 39.7 Å². The molecule has 0 aliphatic carbocycles. The van der Waals surface area contributed by atoms with Crippen LogP contribution in [0.2, 0.25) is 0 Å². The van der Waals surface area contributed by atoms with Gasteiger partial charge in [0, 0.05) is 0 Å². The molecule has 0 aromatic heterocycles. The molecule has 188 valence electrons. The monoisotopic (exact) mass is 564 g/mol. The van der Waals surface area contributed by atoms with E-state index < -0.39 is 0 Å². The molecular weight excluding hydrogens is 531 g/mol. The summed E-state index contributed by atoms with van der Waals surface area (Å²) in [5.74, 6) is 0. The first-order chi connectivity index (χ1) is 15.8. The van der Waals surface area contributed by atoms with Gasteiger partial charge >= 0.3 is 26.8 Å². The fourth-order valence-corrected chi connectivity index (χ4v) is 4.46.